The number of benzene rings is 1. The molecule has 4 heteroatoms. The van der Waals surface area contributed by atoms with Crippen molar-refractivity contribution in [2.45, 2.75) is 31.6 Å². The van der Waals surface area contributed by atoms with Gasteiger partial charge < -0.3 is 10.6 Å². The van der Waals surface area contributed by atoms with E-state index in [1.54, 1.807) is 0 Å². The third-order valence-corrected chi connectivity index (χ3v) is 5.15. The van der Waals surface area contributed by atoms with Crippen molar-refractivity contribution in [3.8, 4) is 0 Å². The van der Waals surface area contributed by atoms with Gasteiger partial charge in [-0.15, -0.1) is 0 Å². The van der Waals surface area contributed by atoms with Crippen molar-refractivity contribution < 1.29 is 4.79 Å². The third kappa shape index (κ3) is 2.23. The normalized spacial score (nSPS) is 27.6. The van der Waals surface area contributed by atoms with Gasteiger partial charge in [0.25, 0.3) is 0 Å². The van der Waals surface area contributed by atoms with Gasteiger partial charge in [-0.05, 0) is 48.9 Å². The fraction of sp³-hybridized carbons (Fsp3) is 0.562. The summed E-state index contributed by atoms with van der Waals surface area (Å²) >= 11 is 5.94. The molecule has 1 unspecified atom stereocenters. The van der Waals surface area contributed by atoms with E-state index in [9.17, 15) is 4.79 Å². The Balaban J connectivity index is 1.79. The monoisotopic (exact) mass is 292 g/mol. The van der Waals surface area contributed by atoms with Gasteiger partial charge in [-0.3, -0.25) is 4.79 Å². The van der Waals surface area contributed by atoms with E-state index in [0.29, 0.717) is 11.6 Å². The molecule has 108 valence electrons. The largest absolute Gasteiger partial charge is 0.341 e. The van der Waals surface area contributed by atoms with Crippen LogP contribution in [0.5, 0.6) is 0 Å². The first-order valence-corrected chi connectivity index (χ1v) is 7.62. The quantitative estimate of drug-likeness (QED) is 0.931. The van der Waals surface area contributed by atoms with Gasteiger partial charge in [0.15, 0.2) is 0 Å². The van der Waals surface area contributed by atoms with E-state index in [2.05, 4.69) is 6.92 Å². The van der Waals surface area contributed by atoms with E-state index in [1.165, 1.54) is 0 Å². The van der Waals surface area contributed by atoms with Crippen LogP contribution in [0.15, 0.2) is 24.3 Å². The minimum atomic E-state index is -0.287. The summed E-state index contributed by atoms with van der Waals surface area (Å²) in [6.07, 6.45) is 2.90. The maximum atomic E-state index is 12.9. The molecule has 1 amide bonds. The molecule has 3 rings (SSSR count). The minimum Gasteiger partial charge on any atom is -0.341 e. The predicted molar refractivity (Wildman–Crippen MR) is 80.7 cm³/mol. The van der Waals surface area contributed by atoms with Gasteiger partial charge in [-0.1, -0.05) is 30.7 Å². The van der Waals surface area contributed by atoms with Gasteiger partial charge in [0.2, 0.25) is 5.91 Å². The van der Waals surface area contributed by atoms with Crippen molar-refractivity contribution in [3.05, 3.63) is 34.9 Å². The Labute approximate surface area is 125 Å². The molecule has 0 aromatic heterocycles. The molecule has 0 bridgehead atoms. The second-order valence-corrected chi connectivity index (χ2v) is 7.02. The second-order valence-electron chi connectivity index (χ2n) is 6.58. The highest BCUT2D eigenvalue weighted by molar-refractivity contribution is 6.30. The molecule has 1 heterocycles. The highest BCUT2D eigenvalue weighted by Gasteiger charge is 2.54. The molecule has 1 aromatic carbocycles. The molecular weight excluding hydrogens is 272 g/mol. The number of carbonyl (C=O) groups excluding carboxylic acids is 1. The molecule has 1 aromatic rings. The molecule has 1 saturated carbocycles. The van der Waals surface area contributed by atoms with Crippen LogP contribution in [0.4, 0.5) is 0 Å². The van der Waals surface area contributed by atoms with Crippen LogP contribution in [0, 0.1) is 5.41 Å². The van der Waals surface area contributed by atoms with Crippen LogP contribution in [0.2, 0.25) is 5.02 Å². The number of amides is 1. The number of hydrogen-bond donors (Lipinski definition) is 1. The lowest BCUT2D eigenvalue weighted by molar-refractivity contribution is -0.133. The lowest BCUT2D eigenvalue weighted by Crippen LogP contribution is -2.40. The van der Waals surface area contributed by atoms with Crippen LogP contribution in [0.3, 0.4) is 0 Å². The molecule has 2 fully saturated rings. The van der Waals surface area contributed by atoms with Crippen LogP contribution >= 0.6 is 11.6 Å². The Kier molecular flexibility index (Phi) is 3.30. The molecule has 0 radical (unpaired) electrons. The fourth-order valence-electron chi connectivity index (χ4n) is 3.19. The van der Waals surface area contributed by atoms with E-state index in [0.717, 1.165) is 37.9 Å². The maximum Gasteiger partial charge on any atom is 0.233 e. The summed E-state index contributed by atoms with van der Waals surface area (Å²) in [6, 6.07) is 7.73. The predicted octanol–water partition coefficient (Wildman–Crippen LogP) is 2.57. The summed E-state index contributed by atoms with van der Waals surface area (Å²) in [5.41, 5.74) is 6.74. The summed E-state index contributed by atoms with van der Waals surface area (Å²) < 4.78 is 0. The van der Waals surface area contributed by atoms with Gasteiger partial charge >= 0.3 is 0 Å². The zero-order valence-corrected chi connectivity index (χ0v) is 12.6. The fourth-order valence-corrected chi connectivity index (χ4v) is 3.31. The lowest BCUT2D eigenvalue weighted by atomic mass is 9.90. The Morgan fingerprint density at radius 2 is 1.95 bits per heavy atom. The molecule has 2 aliphatic rings. The SMILES string of the molecule is CC1(CN)CCN(C(=O)C2(c3ccc(Cl)cc3)CC2)C1. The molecule has 0 spiro atoms. The second kappa shape index (κ2) is 4.74. The third-order valence-electron chi connectivity index (χ3n) is 4.89. The Morgan fingerprint density at radius 3 is 2.45 bits per heavy atom. The van der Waals surface area contributed by atoms with Crippen molar-refractivity contribution in [2.75, 3.05) is 19.6 Å². The van der Waals surface area contributed by atoms with Gasteiger partial charge in [-0.25, -0.2) is 0 Å². The Bertz CT molecular complexity index is 524. The van der Waals surface area contributed by atoms with E-state index >= 15 is 0 Å². The number of carbonyl (C=O) groups is 1. The number of halogens is 1. The van der Waals surface area contributed by atoms with Crippen LogP contribution in [0.1, 0.15) is 31.7 Å². The first-order valence-electron chi connectivity index (χ1n) is 7.25. The molecule has 3 nitrogen and oxygen atoms in total. The minimum absolute atomic E-state index is 0.0890. The van der Waals surface area contributed by atoms with Crippen LogP contribution in [0.25, 0.3) is 0 Å². The standard InChI is InChI=1S/C16H21ClN2O/c1-15(10-18)8-9-19(11-15)14(20)16(6-7-16)12-2-4-13(17)5-3-12/h2-5H,6-11,18H2,1H3. The van der Waals surface area contributed by atoms with Crippen molar-refractivity contribution in [1.29, 1.82) is 0 Å². The van der Waals surface area contributed by atoms with Crippen molar-refractivity contribution in [1.82, 2.24) is 4.90 Å². The Morgan fingerprint density at radius 1 is 1.30 bits per heavy atom. The number of nitrogens with two attached hydrogens (primary N) is 1. The summed E-state index contributed by atoms with van der Waals surface area (Å²) in [5, 5.41) is 0.717. The molecule has 1 aliphatic carbocycles. The van der Waals surface area contributed by atoms with Crippen LogP contribution in [-0.4, -0.2) is 30.4 Å². The summed E-state index contributed by atoms with van der Waals surface area (Å²) in [5.74, 6) is 0.275. The number of rotatable bonds is 3. The van der Waals surface area contributed by atoms with E-state index in [-0.39, 0.29) is 16.7 Å². The van der Waals surface area contributed by atoms with Crippen molar-refractivity contribution in [3.63, 3.8) is 0 Å². The number of likely N-dealkylation sites (tertiary alicyclic amines) is 1. The zero-order valence-electron chi connectivity index (χ0n) is 11.9. The molecule has 20 heavy (non-hydrogen) atoms. The van der Waals surface area contributed by atoms with Crippen molar-refractivity contribution >= 4 is 17.5 Å². The Hall–Kier alpha value is -1.06. The number of nitrogens with zero attached hydrogens (tertiary/aromatic N) is 1. The van der Waals surface area contributed by atoms with Gasteiger partial charge in [0, 0.05) is 18.1 Å². The van der Waals surface area contributed by atoms with Gasteiger partial charge in [-0.2, -0.15) is 0 Å². The van der Waals surface area contributed by atoms with Gasteiger partial charge in [0.1, 0.15) is 0 Å². The maximum absolute atomic E-state index is 12.9. The highest BCUT2D eigenvalue weighted by Crippen LogP contribution is 2.50. The van der Waals surface area contributed by atoms with E-state index in [1.807, 2.05) is 29.2 Å². The molecular formula is C16H21ClN2O. The first kappa shape index (κ1) is 13.9. The highest BCUT2D eigenvalue weighted by atomic mass is 35.5. The van der Waals surface area contributed by atoms with Crippen LogP contribution < -0.4 is 5.73 Å². The smallest absolute Gasteiger partial charge is 0.233 e. The zero-order chi connectivity index (χ0) is 14.4. The molecule has 2 N–H and O–H groups in total. The van der Waals surface area contributed by atoms with E-state index < -0.39 is 0 Å². The van der Waals surface area contributed by atoms with Crippen molar-refractivity contribution in [2.24, 2.45) is 11.1 Å². The average molecular weight is 293 g/mol. The summed E-state index contributed by atoms with van der Waals surface area (Å²) in [6.45, 7) is 4.44. The molecule has 1 saturated heterocycles. The van der Waals surface area contributed by atoms with E-state index in [4.69, 9.17) is 17.3 Å². The number of hydrogen-bond acceptors (Lipinski definition) is 2. The summed E-state index contributed by atoms with van der Waals surface area (Å²) in [4.78, 5) is 14.9. The van der Waals surface area contributed by atoms with Gasteiger partial charge in [0.05, 0.1) is 5.41 Å². The molecule has 1 atom stereocenters. The first-order chi connectivity index (χ1) is 9.49. The summed E-state index contributed by atoms with van der Waals surface area (Å²) in [7, 11) is 0. The van der Waals surface area contributed by atoms with Crippen LogP contribution in [-0.2, 0) is 10.2 Å². The molecule has 1 aliphatic heterocycles. The average Bonchev–Trinajstić information content (AvgIpc) is 3.17. The topological polar surface area (TPSA) is 46.3 Å². The lowest BCUT2D eigenvalue weighted by Gasteiger charge is -2.26.